The Morgan fingerprint density at radius 1 is 1.50 bits per heavy atom. The van der Waals surface area contributed by atoms with Crippen LogP contribution in [0.15, 0.2) is 18.3 Å². The first-order valence-corrected chi connectivity index (χ1v) is 5.54. The molecule has 0 saturated heterocycles. The molecule has 1 rings (SSSR count). The number of hydrogen-bond donors (Lipinski definition) is 2. The summed E-state index contributed by atoms with van der Waals surface area (Å²) >= 11 is 0. The molecule has 0 radical (unpaired) electrons. The zero-order valence-corrected chi connectivity index (χ0v) is 10.1. The van der Waals surface area contributed by atoms with Crippen LogP contribution < -0.4 is 10.6 Å². The van der Waals surface area contributed by atoms with Crippen LogP contribution in [0.3, 0.4) is 0 Å². The van der Waals surface area contributed by atoms with Crippen molar-refractivity contribution in [1.82, 2.24) is 10.3 Å². The summed E-state index contributed by atoms with van der Waals surface area (Å²) in [6.45, 7) is 6.52. The summed E-state index contributed by atoms with van der Waals surface area (Å²) in [4.78, 5) is 15.5. The summed E-state index contributed by atoms with van der Waals surface area (Å²) in [7, 11) is 0. The molecule has 4 nitrogen and oxygen atoms in total. The Balaban J connectivity index is 2.28. The number of carbonyl (C=O) groups is 1. The minimum Gasteiger partial charge on any atom is -0.370 e. The number of nitrogens with one attached hydrogen (secondary N) is 2. The predicted molar refractivity (Wildman–Crippen MR) is 65.4 cm³/mol. The van der Waals surface area contributed by atoms with E-state index >= 15 is 0 Å². The lowest BCUT2D eigenvalue weighted by atomic mass is 10.3. The Morgan fingerprint density at radius 3 is 2.88 bits per heavy atom. The number of rotatable bonds is 5. The fraction of sp³-hybridized carbons (Fsp3) is 0.500. The van der Waals surface area contributed by atoms with Crippen molar-refractivity contribution < 1.29 is 4.79 Å². The highest BCUT2D eigenvalue weighted by Crippen LogP contribution is 2.04. The maximum Gasteiger partial charge on any atom is 0.221 e. The van der Waals surface area contributed by atoms with Crippen LogP contribution in [0, 0.1) is 6.92 Å². The van der Waals surface area contributed by atoms with Crippen LogP contribution in [0.4, 0.5) is 5.82 Å². The molecule has 0 aromatic carbocycles. The number of aromatic nitrogens is 1. The number of hydrogen-bond acceptors (Lipinski definition) is 3. The molecule has 88 valence electrons. The van der Waals surface area contributed by atoms with Gasteiger partial charge in [-0.3, -0.25) is 4.79 Å². The largest absolute Gasteiger partial charge is 0.370 e. The van der Waals surface area contributed by atoms with Crippen LogP contribution in [0.25, 0.3) is 0 Å². The van der Waals surface area contributed by atoms with E-state index in [-0.39, 0.29) is 11.9 Å². The van der Waals surface area contributed by atoms with Gasteiger partial charge in [0, 0.05) is 25.2 Å². The van der Waals surface area contributed by atoms with Gasteiger partial charge in [0.05, 0.1) is 0 Å². The summed E-state index contributed by atoms with van der Waals surface area (Å²) in [5, 5.41) is 5.96. The van der Waals surface area contributed by atoms with Crippen molar-refractivity contribution in [2.45, 2.75) is 33.2 Å². The van der Waals surface area contributed by atoms with E-state index in [1.807, 2.05) is 32.9 Å². The Morgan fingerprint density at radius 2 is 2.25 bits per heavy atom. The first kappa shape index (κ1) is 12.5. The third kappa shape index (κ3) is 4.77. The molecule has 0 saturated carbocycles. The van der Waals surface area contributed by atoms with Crippen molar-refractivity contribution in [3.05, 3.63) is 23.9 Å². The molecule has 0 aliphatic rings. The topological polar surface area (TPSA) is 54.0 Å². The molecule has 0 fully saturated rings. The smallest absolute Gasteiger partial charge is 0.221 e. The SMILES string of the molecule is Cc1ccnc(NCCC(=O)NC(C)C)c1. The molecule has 16 heavy (non-hydrogen) atoms. The molecular weight excluding hydrogens is 202 g/mol. The molecule has 1 heterocycles. The minimum absolute atomic E-state index is 0.0650. The zero-order valence-electron chi connectivity index (χ0n) is 10.1. The number of carbonyl (C=O) groups excluding carboxylic acids is 1. The van der Waals surface area contributed by atoms with Crippen LogP contribution in [-0.2, 0) is 4.79 Å². The Kier molecular flexibility index (Phi) is 4.76. The predicted octanol–water partition coefficient (Wildman–Crippen LogP) is 1.72. The van der Waals surface area contributed by atoms with Gasteiger partial charge in [0.25, 0.3) is 0 Å². The van der Waals surface area contributed by atoms with Crippen molar-refractivity contribution in [3.8, 4) is 0 Å². The van der Waals surface area contributed by atoms with Crippen LogP contribution in [-0.4, -0.2) is 23.5 Å². The summed E-state index contributed by atoms with van der Waals surface area (Å²) in [5.74, 6) is 0.882. The molecule has 0 aliphatic heterocycles. The molecule has 0 aliphatic carbocycles. The van der Waals surface area contributed by atoms with E-state index in [1.54, 1.807) is 6.20 Å². The van der Waals surface area contributed by atoms with Gasteiger partial charge in [0.1, 0.15) is 5.82 Å². The van der Waals surface area contributed by atoms with Crippen LogP contribution in [0.5, 0.6) is 0 Å². The van der Waals surface area contributed by atoms with Crippen LogP contribution in [0.2, 0.25) is 0 Å². The van der Waals surface area contributed by atoms with Crippen LogP contribution in [0.1, 0.15) is 25.8 Å². The lowest BCUT2D eigenvalue weighted by Gasteiger charge is -2.09. The zero-order chi connectivity index (χ0) is 12.0. The van der Waals surface area contributed by atoms with Gasteiger partial charge in [-0.05, 0) is 38.5 Å². The summed E-state index contributed by atoms with van der Waals surface area (Å²) < 4.78 is 0. The highest BCUT2D eigenvalue weighted by atomic mass is 16.1. The van der Waals surface area contributed by atoms with Crippen molar-refractivity contribution in [3.63, 3.8) is 0 Å². The third-order valence-corrected chi connectivity index (χ3v) is 2.02. The summed E-state index contributed by atoms with van der Waals surface area (Å²) in [6.07, 6.45) is 2.22. The molecule has 1 amide bonds. The van der Waals surface area contributed by atoms with Gasteiger partial charge in [-0.2, -0.15) is 0 Å². The number of pyridine rings is 1. The second-order valence-corrected chi connectivity index (χ2v) is 4.12. The Labute approximate surface area is 96.5 Å². The number of nitrogens with zero attached hydrogens (tertiary/aromatic N) is 1. The van der Waals surface area contributed by atoms with Crippen molar-refractivity contribution in [2.24, 2.45) is 0 Å². The second-order valence-electron chi connectivity index (χ2n) is 4.12. The van der Waals surface area contributed by atoms with Gasteiger partial charge in [0.15, 0.2) is 0 Å². The molecule has 0 bridgehead atoms. The second kappa shape index (κ2) is 6.10. The van der Waals surface area contributed by atoms with E-state index in [9.17, 15) is 4.79 Å². The standard InChI is InChI=1S/C12H19N3O/c1-9(2)15-12(16)5-7-14-11-8-10(3)4-6-13-11/h4,6,8-9H,5,7H2,1-3H3,(H,13,14)(H,15,16). The fourth-order valence-corrected chi connectivity index (χ4v) is 1.33. The molecule has 0 unspecified atom stereocenters. The Hall–Kier alpha value is -1.58. The van der Waals surface area contributed by atoms with E-state index in [0.717, 1.165) is 11.4 Å². The van der Waals surface area contributed by atoms with Crippen molar-refractivity contribution >= 4 is 11.7 Å². The fourth-order valence-electron chi connectivity index (χ4n) is 1.33. The van der Waals surface area contributed by atoms with Gasteiger partial charge >= 0.3 is 0 Å². The molecule has 1 aromatic heterocycles. The van der Waals surface area contributed by atoms with Gasteiger partial charge in [-0.1, -0.05) is 0 Å². The molecule has 4 heteroatoms. The molecule has 0 spiro atoms. The average molecular weight is 221 g/mol. The summed E-state index contributed by atoms with van der Waals surface area (Å²) in [6, 6.07) is 4.10. The quantitative estimate of drug-likeness (QED) is 0.796. The lowest BCUT2D eigenvalue weighted by Crippen LogP contribution is -2.31. The molecule has 2 N–H and O–H groups in total. The number of amides is 1. The highest BCUT2D eigenvalue weighted by molar-refractivity contribution is 5.76. The third-order valence-electron chi connectivity index (χ3n) is 2.02. The summed E-state index contributed by atoms with van der Waals surface area (Å²) in [5.41, 5.74) is 1.16. The molecule has 1 aromatic rings. The number of anilines is 1. The van der Waals surface area contributed by atoms with Gasteiger partial charge in [-0.15, -0.1) is 0 Å². The maximum atomic E-state index is 11.3. The normalized spacial score (nSPS) is 10.2. The molecular formula is C12H19N3O. The van der Waals surface area contributed by atoms with Crippen LogP contribution >= 0.6 is 0 Å². The van der Waals surface area contributed by atoms with E-state index in [2.05, 4.69) is 15.6 Å². The average Bonchev–Trinajstić information content (AvgIpc) is 2.16. The van der Waals surface area contributed by atoms with E-state index < -0.39 is 0 Å². The number of aryl methyl sites for hydroxylation is 1. The lowest BCUT2D eigenvalue weighted by molar-refractivity contribution is -0.121. The Bertz CT molecular complexity index is 350. The van der Waals surface area contributed by atoms with Gasteiger partial charge < -0.3 is 10.6 Å². The van der Waals surface area contributed by atoms with E-state index in [0.29, 0.717) is 13.0 Å². The van der Waals surface area contributed by atoms with E-state index in [4.69, 9.17) is 0 Å². The minimum atomic E-state index is 0.0650. The maximum absolute atomic E-state index is 11.3. The van der Waals surface area contributed by atoms with Gasteiger partial charge in [-0.25, -0.2) is 4.98 Å². The highest BCUT2D eigenvalue weighted by Gasteiger charge is 2.02. The van der Waals surface area contributed by atoms with Crippen molar-refractivity contribution in [2.75, 3.05) is 11.9 Å². The first-order chi connectivity index (χ1) is 7.58. The van der Waals surface area contributed by atoms with E-state index in [1.165, 1.54) is 0 Å². The first-order valence-electron chi connectivity index (χ1n) is 5.54. The molecule has 0 atom stereocenters. The van der Waals surface area contributed by atoms with Crippen molar-refractivity contribution in [1.29, 1.82) is 0 Å². The monoisotopic (exact) mass is 221 g/mol. The van der Waals surface area contributed by atoms with Gasteiger partial charge in [0.2, 0.25) is 5.91 Å².